The summed E-state index contributed by atoms with van der Waals surface area (Å²) in [6.07, 6.45) is 1.05. The van der Waals surface area contributed by atoms with E-state index in [1.54, 1.807) is 0 Å². The second-order valence-electron chi connectivity index (χ2n) is 4.42. The molecule has 1 aromatic carbocycles. The van der Waals surface area contributed by atoms with Crippen LogP contribution in [-0.2, 0) is 0 Å². The van der Waals surface area contributed by atoms with Crippen molar-refractivity contribution in [2.24, 2.45) is 5.92 Å². The molecular weight excluding hydrogens is 176 g/mol. The second-order valence-corrected chi connectivity index (χ2v) is 4.42. The molecule has 2 nitrogen and oxygen atoms in total. The summed E-state index contributed by atoms with van der Waals surface area (Å²) in [6.45, 7) is 1.83. The minimum atomic E-state index is -0.532. The summed E-state index contributed by atoms with van der Waals surface area (Å²) in [5, 5.41) is 19.4. The first-order valence-electron chi connectivity index (χ1n) is 5.05. The van der Waals surface area contributed by atoms with E-state index in [0.717, 1.165) is 12.0 Å². The third-order valence-electron chi connectivity index (χ3n) is 3.07. The normalized spacial score (nSPS) is 32.6. The summed E-state index contributed by atoms with van der Waals surface area (Å²) in [6, 6.07) is 9.61. The first-order valence-corrected chi connectivity index (χ1v) is 5.05. The highest BCUT2D eigenvalue weighted by Gasteiger charge is 2.48. The molecule has 76 valence electrons. The third kappa shape index (κ3) is 1.97. The van der Waals surface area contributed by atoms with Gasteiger partial charge in [0.25, 0.3) is 0 Å². The van der Waals surface area contributed by atoms with E-state index in [2.05, 4.69) is 0 Å². The van der Waals surface area contributed by atoms with Crippen molar-refractivity contribution < 1.29 is 10.2 Å². The largest absolute Gasteiger partial charge is 0.390 e. The van der Waals surface area contributed by atoms with Crippen molar-refractivity contribution in [1.82, 2.24) is 0 Å². The lowest BCUT2D eigenvalue weighted by molar-refractivity contribution is 0.114. The van der Waals surface area contributed by atoms with Gasteiger partial charge in [0, 0.05) is 0 Å². The Bertz CT molecular complexity index is 305. The van der Waals surface area contributed by atoms with E-state index in [9.17, 15) is 10.2 Å². The molecule has 1 fully saturated rings. The summed E-state index contributed by atoms with van der Waals surface area (Å²) >= 11 is 0. The van der Waals surface area contributed by atoms with E-state index in [0.29, 0.717) is 6.42 Å². The average Bonchev–Trinajstić information content (AvgIpc) is 2.75. The predicted molar refractivity (Wildman–Crippen MR) is 54.7 cm³/mol. The van der Waals surface area contributed by atoms with Crippen LogP contribution in [0.2, 0.25) is 0 Å². The first kappa shape index (κ1) is 9.69. The summed E-state index contributed by atoms with van der Waals surface area (Å²) in [5.41, 5.74) is 0.408. The van der Waals surface area contributed by atoms with Crippen LogP contribution in [0.3, 0.4) is 0 Å². The average molecular weight is 192 g/mol. The maximum absolute atomic E-state index is 9.85. The van der Waals surface area contributed by atoms with E-state index >= 15 is 0 Å². The molecule has 0 amide bonds. The Balaban J connectivity index is 1.94. The zero-order valence-corrected chi connectivity index (χ0v) is 8.35. The highest BCUT2D eigenvalue weighted by atomic mass is 16.3. The molecule has 0 aliphatic heterocycles. The van der Waals surface area contributed by atoms with Gasteiger partial charge in [0.15, 0.2) is 0 Å². The van der Waals surface area contributed by atoms with Crippen molar-refractivity contribution in [2.75, 3.05) is 0 Å². The van der Waals surface area contributed by atoms with E-state index in [1.165, 1.54) is 0 Å². The zero-order valence-electron chi connectivity index (χ0n) is 8.35. The van der Waals surface area contributed by atoms with Gasteiger partial charge in [-0.1, -0.05) is 30.3 Å². The number of hydrogen-bond acceptors (Lipinski definition) is 2. The van der Waals surface area contributed by atoms with Crippen molar-refractivity contribution in [3.8, 4) is 0 Å². The molecule has 0 spiro atoms. The Morgan fingerprint density at radius 1 is 1.43 bits per heavy atom. The van der Waals surface area contributed by atoms with Crippen LogP contribution in [0.5, 0.6) is 0 Å². The van der Waals surface area contributed by atoms with Gasteiger partial charge >= 0.3 is 0 Å². The Morgan fingerprint density at radius 3 is 2.50 bits per heavy atom. The van der Waals surface area contributed by atoms with Crippen LogP contribution in [0.4, 0.5) is 0 Å². The maximum Gasteiger partial charge on any atom is 0.0793 e. The standard InChI is InChI=1S/C12H16O2/c1-12(14)8-10(12)7-11(13)9-5-3-2-4-6-9/h2-6,10-11,13-14H,7-8H2,1H3/t10-,11?,12+/m0/s1. The lowest BCUT2D eigenvalue weighted by Crippen LogP contribution is -2.07. The van der Waals surface area contributed by atoms with Gasteiger partial charge in [0.1, 0.15) is 0 Å². The van der Waals surface area contributed by atoms with Crippen LogP contribution in [0, 0.1) is 5.92 Å². The summed E-state index contributed by atoms with van der Waals surface area (Å²) < 4.78 is 0. The molecular formula is C12H16O2. The quantitative estimate of drug-likeness (QED) is 0.767. The lowest BCUT2D eigenvalue weighted by Gasteiger charge is -2.11. The van der Waals surface area contributed by atoms with Gasteiger partial charge < -0.3 is 10.2 Å². The van der Waals surface area contributed by atoms with Gasteiger partial charge in [-0.05, 0) is 31.2 Å². The van der Waals surface area contributed by atoms with Gasteiger partial charge in [-0.15, -0.1) is 0 Å². The van der Waals surface area contributed by atoms with Gasteiger partial charge in [-0.2, -0.15) is 0 Å². The Hall–Kier alpha value is -0.860. The number of aliphatic hydroxyl groups is 2. The Kier molecular flexibility index (Phi) is 2.33. The van der Waals surface area contributed by atoms with Gasteiger partial charge in [0.2, 0.25) is 0 Å². The van der Waals surface area contributed by atoms with E-state index < -0.39 is 11.7 Å². The van der Waals surface area contributed by atoms with Crippen molar-refractivity contribution in [3.63, 3.8) is 0 Å². The number of hydrogen-bond donors (Lipinski definition) is 2. The highest BCUT2D eigenvalue weighted by molar-refractivity contribution is 5.18. The molecule has 1 unspecified atom stereocenters. The maximum atomic E-state index is 9.85. The summed E-state index contributed by atoms with van der Waals surface area (Å²) in [4.78, 5) is 0. The Morgan fingerprint density at radius 2 is 2.00 bits per heavy atom. The fraction of sp³-hybridized carbons (Fsp3) is 0.500. The molecule has 1 aromatic rings. The highest BCUT2D eigenvalue weighted by Crippen LogP contribution is 2.47. The van der Waals surface area contributed by atoms with E-state index in [4.69, 9.17) is 0 Å². The van der Waals surface area contributed by atoms with Crippen LogP contribution < -0.4 is 0 Å². The van der Waals surface area contributed by atoms with Crippen molar-refractivity contribution >= 4 is 0 Å². The summed E-state index contributed by atoms with van der Waals surface area (Å²) in [5.74, 6) is 0.262. The van der Waals surface area contributed by atoms with Crippen molar-refractivity contribution in [2.45, 2.75) is 31.5 Å². The van der Waals surface area contributed by atoms with Crippen LogP contribution in [0.15, 0.2) is 30.3 Å². The van der Waals surface area contributed by atoms with Gasteiger partial charge in [-0.3, -0.25) is 0 Å². The smallest absolute Gasteiger partial charge is 0.0793 e. The lowest BCUT2D eigenvalue weighted by atomic mass is 10.0. The second kappa shape index (κ2) is 3.37. The zero-order chi connectivity index (χ0) is 10.2. The molecule has 0 bridgehead atoms. The van der Waals surface area contributed by atoms with Crippen molar-refractivity contribution in [3.05, 3.63) is 35.9 Å². The predicted octanol–water partition coefficient (Wildman–Crippen LogP) is 1.88. The molecule has 1 aliphatic carbocycles. The number of aliphatic hydroxyl groups excluding tert-OH is 1. The minimum absolute atomic E-state index is 0.262. The fourth-order valence-corrected chi connectivity index (χ4v) is 1.86. The molecule has 2 rings (SSSR count). The molecule has 2 heteroatoms. The molecule has 1 saturated carbocycles. The topological polar surface area (TPSA) is 40.5 Å². The van der Waals surface area contributed by atoms with Crippen molar-refractivity contribution in [1.29, 1.82) is 0 Å². The molecule has 3 atom stereocenters. The molecule has 0 saturated heterocycles. The molecule has 14 heavy (non-hydrogen) atoms. The Labute approximate surface area is 84.2 Å². The van der Waals surface area contributed by atoms with Crippen LogP contribution in [-0.4, -0.2) is 15.8 Å². The number of benzene rings is 1. The molecule has 1 aliphatic rings. The van der Waals surface area contributed by atoms with Crippen LogP contribution >= 0.6 is 0 Å². The molecule has 0 aromatic heterocycles. The van der Waals surface area contributed by atoms with Gasteiger partial charge in [0.05, 0.1) is 11.7 Å². The van der Waals surface area contributed by atoms with Crippen LogP contribution in [0.25, 0.3) is 0 Å². The van der Waals surface area contributed by atoms with Crippen LogP contribution in [0.1, 0.15) is 31.4 Å². The minimum Gasteiger partial charge on any atom is -0.390 e. The molecule has 2 N–H and O–H groups in total. The number of rotatable bonds is 3. The van der Waals surface area contributed by atoms with E-state index in [1.807, 2.05) is 37.3 Å². The fourth-order valence-electron chi connectivity index (χ4n) is 1.86. The SMILES string of the molecule is C[C@@]1(O)C[C@@H]1CC(O)c1ccccc1. The molecule has 0 heterocycles. The van der Waals surface area contributed by atoms with Gasteiger partial charge in [-0.25, -0.2) is 0 Å². The molecule has 0 radical (unpaired) electrons. The monoisotopic (exact) mass is 192 g/mol. The first-order chi connectivity index (χ1) is 6.59. The van der Waals surface area contributed by atoms with E-state index in [-0.39, 0.29) is 5.92 Å². The third-order valence-corrected chi connectivity index (χ3v) is 3.07. The summed E-state index contributed by atoms with van der Waals surface area (Å²) in [7, 11) is 0.